The van der Waals surface area contributed by atoms with Crippen LogP contribution in [0.5, 0.6) is 0 Å². The molecule has 110 valence electrons. The summed E-state index contributed by atoms with van der Waals surface area (Å²) in [5, 5.41) is 3.85. The molecule has 2 fully saturated rings. The molecule has 0 amide bonds. The fourth-order valence-corrected chi connectivity index (χ4v) is 3.67. The summed E-state index contributed by atoms with van der Waals surface area (Å²) < 4.78 is 0. The Balaban J connectivity index is 1.75. The van der Waals surface area contributed by atoms with Crippen LogP contribution in [0.15, 0.2) is 24.3 Å². The van der Waals surface area contributed by atoms with Gasteiger partial charge in [-0.3, -0.25) is 4.90 Å². The highest BCUT2D eigenvalue weighted by Crippen LogP contribution is 2.41. The van der Waals surface area contributed by atoms with Gasteiger partial charge in [-0.15, -0.1) is 0 Å². The molecule has 0 spiro atoms. The number of piperazine rings is 1. The van der Waals surface area contributed by atoms with E-state index >= 15 is 0 Å². The SMILES string of the molecule is CCC1CNC(C)(C2CC2)CN1Cc1ccccc1C. The van der Waals surface area contributed by atoms with Gasteiger partial charge in [0.1, 0.15) is 0 Å². The predicted octanol–water partition coefficient (Wildman–Crippen LogP) is 3.35. The van der Waals surface area contributed by atoms with Crippen molar-refractivity contribution < 1.29 is 0 Å². The molecule has 2 nitrogen and oxygen atoms in total. The van der Waals surface area contributed by atoms with E-state index in [1.54, 1.807) is 0 Å². The first kappa shape index (κ1) is 14.1. The Labute approximate surface area is 123 Å². The van der Waals surface area contributed by atoms with Gasteiger partial charge in [-0.25, -0.2) is 0 Å². The van der Waals surface area contributed by atoms with Crippen molar-refractivity contribution in [2.75, 3.05) is 13.1 Å². The first-order valence-corrected chi connectivity index (χ1v) is 8.16. The fraction of sp³-hybridized carbons (Fsp3) is 0.667. The molecule has 1 saturated carbocycles. The molecule has 2 aliphatic rings. The summed E-state index contributed by atoms with van der Waals surface area (Å²) in [5.74, 6) is 0.902. The van der Waals surface area contributed by atoms with Crippen molar-refractivity contribution in [3.63, 3.8) is 0 Å². The zero-order chi connectivity index (χ0) is 14.2. The van der Waals surface area contributed by atoms with Crippen molar-refractivity contribution in [2.45, 2.75) is 58.2 Å². The molecule has 1 saturated heterocycles. The van der Waals surface area contributed by atoms with Gasteiger partial charge in [-0.2, -0.15) is 0 Å². The van der Waals surface area contributed by atoms with Gasteiger partial charge in [0, 0.05) is 31.2 Å². The molecule has 2 atom stereocenters. The Kier molecular flexibility index (Phi) is 3.87. The molecule has 3 rings (SSSR count). The number of rotatable bonds is 4. The van der Waals surface area contributed by atoms with Gasteiger partial charge in [0.05, 0.1) is 0 Å². The zero-order valence-corrected chi connectivity index (χ0v) is 13.2. The van der Waals surface area contributed by atoms with Crippen LogP contribution in [0.4, 0.5) is 0 Å². The Morgan fingerprint density at radius 1 is 1.30 bits per heavy atom. The molecular formula is C18H28N2. The Morgan fingerprint density at radius 2 is 2.05 bits per heavy atom. The van der Waals surface area contributed by atoms with E-state index in [2.05, 4.69) is 55.3 Å². The largest absolute Gasteiger partial charge is 0.308 e. The Morgan fingerprint density at radius 3 is 2.70 bits per heavy atom. The van der Waals surface area contributed by atoms with E-state index in [1.165, 1.54) is 36.9 Å². The van der Waals surface area contributed by atoms with Crippen LogP contribution in [0, 0.1) is 12.8 Å². The predicted molar refractivity (Wildman–Crippen MR) is 84.8 cm³/mol. The van der Waals surface area contributed by atoms with E-state index in [0.29, 0.717) is 11.6 Å². The van der Waals surface area contributed by atoms with Crippen molar-refractivity contribution in [1.82, 2.24) is 10.2 Å². The Hall–Kier alpha value is -0.860. The van der Waals surface area contributed by atoms with Crippen LogP contribution in [0.3, 0.4) is 0 Å². The molecule has 0 aromatic heterocycles. The van der Waals surface area contributed by atoms with Crippen molar-refractivity contribution >= 4 is 0 Å². The van der Waals surface area contributed by atoms with Crippen molar-refractivity contribution in [2.24, 2.45) is 5.92 Å². The number of hydrogen-bond donors (Lipinski definition) is 1. The number of nitrogens with one attached hydrogen (secondary N) is 1. The molecule has 2 unspecified atom stereocenters. The van der Waals surface area contributed by atoms with Crippen molar-refractivity contribution in [3.05, 3.63) is 35.4 Å². The molecular weight excluding hydrogens is 244 g/mol. The average Bonchev–Trinajstić information content (AvgIpc) is 3.27. The van der Waals surface area contributed by atoms with E-state index in [9.17, 15) is 0 Å². The summed E-state index contributed by atoms with van der Waals surface area (Å²) >= 11 is 0. The zero-order valence-electron chi connectivity index (χ0n) is 13.2. The summed E-state index contributed by atoms with van der Waals surface area (Å²) in [6.45, 7) is 10.4. The Bertz CT molecular complexity index is 466. The summed E-state index contributed by atoms with van der Waals surface area (Å²) in [6, 6.07) is 9.52. The van der Waals surface area contributed by atoms with E-state index in [4.69, 9.17) is 0 Å². The normalized spacial score (nSPS) is 31.4. The molecule has 1 aromatic rings. The lowest BCUT2D eigenvalue weighted by atomic mass is 9.90. The van der Waals surface area contributed by atoms with Gasteiger partial charge < -0.3 is 5.32 Å². The van der Waals surface area contributed by atoms with Crippen molar-refractivity contribution in [1.29, 1.82) is 0 Å². The molecule has 2 heteroatoms. The second-order valence-corrected chi connectivity index (χ2v) is 6.97. The highest BCUT2D eigenvalue weighted by atomic mass is 15.3. The van der Waals surface area contributed by atoms with Gasteiger partial charge in [0.25, 0.3) is 0 Å². The van der Waals surface area contributed by atoms with Crippen LogP contribution >= 0.6 is 0 Å². The first-order chi connectivity index (χ1) is 9.62. The second kappa shape index (κ2) is 5.50. The maximum atomic E-state index is 3.85. The van der Waals surface area contributed by atoms with Crippen LogP contribution < -0.4 is 5.32 Å². The lowest BCUT2D eigenvalue weighted by molar-refractivity contribution is 0.0664. The molecule has 1 heterocycles. The van der Waals surface area contributed by atoms with Gasteiger partial charge in [-0.05, 0) is 50.2 Å². The van der Waals surface area contributed by atoms with Gasteiger partial charge in [0.2, 0.25) is 0 Å². The lowest BCUT2D eigenvalue weighted by Crippen LogP contribution is -2.63. The van der Waals surface area contributed by atoms with Crippen LogP contribution in [0.1, 0.15) is 44.2 Å². The number of hydrogen-bond acceptors (Lipinski definition) is 2. The molecule has 1 aliphatic heterocycles. The number of benzene rings is 1. The van der Waals surface area contributed by atoms with Crippen LogP contribution in [0.2, 0.25) is 0 Å². The minimum Gasteiger partial charge on any atom is -0.308 e. The maximum Gasteiger partial charge on any atom is 0.0309 e. The molecule has 1 aliphatic carbocycles. The number of aryl methyl sites for hydroxylation is 1. The highest BCUT2D eigenvalue weighted by molar-refractivity contribution is 5.25. The second-order valence-electron chi connectivity index (χ2n) is 6.97. The topological polar surface area (TPSA) is 15.3 Å². The maximum absolute atomic E-state index is 3.85. The third-order valence-electron chi connectivity index (χ3n) is 5.37. The van der Waals surface area contributed by atoms with E-state index in [-0.39, 0.29) is 0 Å². The highest BCUT2D eigenvalue weighted by Gasteiger charge is 2.45. The van der Waals surface area contributed by atoms with Gasteiger partial charge in [-0.1, -0.05) is 31.2 Å². The third kappa shape index (κ3) is 2.77. The molecule has 0 bridgehead atoms. The van der Waals surface area contributed by atoms with E-state index < -0.39 is 0 Å². The monoisotopic (exact) mass is 272 g/mol. The number of nitrogens with zero attached hydrogens (tertiary/aromatic N) is 1. The molecule has 1 N–H and O–H groups in total. The minimum absolute atomic E-state index is 0.342. The summed E-state index contributed by atoms with van der Waals surface area (Å²) in [5.41, 5.74) is 3.26. The van der Waals surface area contributed by atoms with Crippen LogP contribution in [-0.2, 0) is 6.54 Å². The minimum atomic E-state index is 0.342. The lowest BCUT2D eigenvalue weighted by Gasteiger charge is -2.46. The van der Waals surface area contributed by atoms with Crippen LogP contribution in [-0.4, -0.2) is 29.6 Å². The van der Waals surface area contributed by atoms with E-state index in [1.807, 2.05) is 0 Å². The fourth-order valence-electron chi connectivity index (χ4n) is 3.67. The third-order valence-corrected chi connectivity index (χ3v) is 5.37. The van der Waals surface area contributed by atoms with E-state index in [0.717, 1.165) is 19.0 Å². The summed E-state index contributed by atoms with van der Waals surface area (Å²) in [4.78, 5) is 2.72. The average molecular weight is 272 g/mol. The standard InChI is InChI=1S/C18H28N2/c1-4-17-11-19-18(3,16-9-10-16)13-20(17)12-15-8-6-5-7-14(15)2/h5-8,16-17,19H,4,9-13H2,1-3H3. The summed E-state index contributed by atoms with van der Waals surface area (Å²) in [7, 11) is 0. The van der Waals surface area contributed by atoms with Gasteiger partial charge in [0.15, 0.2) is 0 Å². The molecule has 0 radical (unpaired) electrons. The molecule has 20 heavy (non-hydrogen) atoms. The van der Waals surface area contributed by atoms with Crippen molar-refractivity contribution in [3.8, 4) is 0 Å². The molecule has 1 aromatic carbocycles. The smallest absolute Gasteiger partial charge is 0.0309 e. The van der Waals surface area contributed by atoms with Crippen LogP contribution in [0.25, 0.3) is 0 Å². The van der Waals surface area contributed by atoms with Gasteiger partial charge >= 0.3 is 0 Å². The summed E-state index contributed by atoms with van der Waals surface area (Å²) in [6.07, 6.45) is 4.07. The first-order valence-electron chi connectivity index (χ1n) is 8.16. The quantitative estimate of drug-likeness (QED) is 0.904.